The van der Waals surface area contributed by atoms with Crippen molar-refractivity contribution in [3.8, 4) is 11.5 Å². The quantitative estimate of drug-likeness (QED) is 0.664. The number of fused-ring (bicyclic) bond motifs is 1. The number of phenolic OH excluding ortho intramolecular Hbond substituents is 1. The highest BCUT2D eigenvalue weighted by atomic mass is 127. The Kier molecular flexibility index (Phi) is 3.33. The third-order valence-electron chi connectivity index (χ3n) is 3.49. The van der Waals surface area contributed by atoms with E-state index >= 15 is 0 Å². The first-order chi connectivity index (χ1) is 7.56. The van der Waals surface area contributed by atoms with Gasteiger partial charge in [0.1, 0.15) is 17.6 Å². The first kappa shape index (κ1) is 12.0. The monoisotopic (exact) mass is 332 g/mol. The number of hydrogen-bond donors (Lipinski definition) is 1. The Morgan fingerprint density at radius 2 is 1.94 bits per heavy atom. The van der Waals surface area contributed by atoms with E-state index in [4.69, 9.17) is 4.74 Å². The van der Waals surface area contributed by atoms with Gasteiger partial charge in [0.05, 0.1) is 0 Å². The number of ether oxygens (including phenoxy) is 1. The van der Waals surface area contributed by atoms with E-state index in [1.807, 2.05) is 20.8 Å². The number of alkyl halides is 1. The van der Waals surface area contributed by atoms with Crippen molar-refractivity contribution in [2.24, 2.45) is 0 Å². The minimum atomic E-state index is 0.297. The van der Waals surface area contributed by atoms with Crippen LogP contribution < -0.4 is 4.74 Å². The van der Waals surface area contributed by atoms with E-state index in [1.54, 1.807) is 0 Å². The lowest BCUT2D eigenvalue weighted by molar-refractivity contribution is 0.229. The molecule has 2 nitrogen and oxygen atoms in total. The van der Waals surface area contributed by atoms with Crippen LogP contribution in [-0.2, 0) is 6.42 Å². The van der Waals surface area contributed by atoms with E-state index in [0.29, 0.717) is 11.9 Å². The molecule has 0 aliphatic carbocycles. The largest absolute Gasteiger partial charge is 0.507 e. The smallest absolute Gasteiger partial charge is 0.126 e. The Balaban J connectivity index is 2.45. The number of benzene rings is 1. The summed E-state index contributed by atoms with van der Waals surface area (Å²) in [4.78, 5) is 0. The highest BCUT2D eigenvalue weighted by molar-refractivity contribution is 14.1. The fraction of sp³-hybridized carbons (Fsp3) is 0.538. The van der Waals surface area contributed by atoms with Crippen LogP contribution in [0.25, 0.3) is 0 Å². The molecule has 0 saturated carbocycles. The van der Waals surface area contributed by atoms with Crippen molar-refractivity contribution >= 4 is 22.6 Å². The Labute approximate surface area is 110 Å². The Bertz CT molecular complexity index is 390. The molecule has 0 saturated heterocycles. The summed E-state index contributed by atoms with van der Waals surface area (Å²) >= 11 is 2.38. The first-order valence-corrected chi connectivity index (χ1v) is 7.13. The predicted octanol–water partition coefficient (Wildman–Crippen LogP) is 3.45. The zero-order valence-electron chi connectivity index (χ0n) is 9.93. The SMILES string of the molecule is Cc1c(C)c2c(c(C)c1O)C[C@@H](CCI)O2. The van der Waals surface area contributed by atoms with Crippen molar-refractivity contribution in [3.05, 3.63) is 22.3 Å². The van der Waals surface area contributed by atoms with Crippen molar-refractivity contribution < 1.29 is 9.84 Å². The van der Waals surface area contributed by atoms with Gasteiger partial charge in [-0.1, -0.05) is 22.6 Å². The van der Waals surface area contributed by atoms with E-state index in [0.717, 1.165) is 39.7 Å². The van der Waals surface area contributed by atoms with E-state index in [9.17, 15) is 5.11 Å². The minimum Gasteiger partial charge on any atom is -0.507 e. The highest BCUT2D eigenvalue weighted by Crippen LogP contribution is 2.42. The van der Waals surface area contributed by atoms with Gasteiger partial charge in [0.15, 0.2) is 0 Å². The van der Waals surface area contributed by atoms with Gasteiger partial charge in [-0.2, -0.15) is 0 Å². The number of hydrogen-bond acceptors (Lipinski definition) is 2. The van der Waals surface area contributed by atoms with E-state index < -0.39 is 0 Å². The number of rotatable bonds is 2. The molecular formula is C13H17IO2. The molecule has 1 aliphatic rings. The van der Waals surface area contributed by atoms with Gasteiger partial charge in [0, 0.05) is 16.4 Å². The van der Waals surface area contributed by atoms with Gasteiger partial charge in [-0.05, 0) is 43.9 Å². The van der Waals surface area contributed by atoms with Crippen LogP contribution >= 0.6 is 22.6 Å². The zero-order chi connectivity index (χ0) is 11.9. The molecule has 1 atom stereocenters. The third kappa shape index (κ3) is 1.79. The van der Waals surface area contributed by atoms with Crippen molar-refractivity contribution in [2.45, 2.75) is 39.7 Å². The molecule has 0 aromatic heterocycles. The van der Waals surface area contributed by atoms with Crippen molar-refractivity contribution in [2.75, 3.05) is 4.43 Å². The molecular weight excluding hydrogens is 315 g/mol. The second-order valence-corrected chi connectivity index (χ2v) is 5.53. The standard InChI is InChI=1S/C13H17IO2/c1-7-8(2)13-11(9(3)12(7)15)6-10(16-13)4-5-14/h10,15H,4-6H2,1-3H3/t10-/m1/s1. The Morgan fingerprint density at radius 3 is 2.56 bits per heavy atom. The van der Waals surface area contributed by atoms with Gasteiger partial charge in [-0.15, -0.1) is 0 Å². The lowest BCUT2D eigenvalue weighted by Crippen LogP contribution is -2.13. The summed E-state index contributed by atoms with van der Waals surface area (Å²) in [5.74, 6) is 1.46. The second kappa shape index (κ2) is 4.43. The molecule has 1 heterocycles. The van der Waals surface area contributed by atoms with Crippen LogP contribution in [0.2, 0.25) is 0 Å². The first-order valence-electron chi connectivity index (χ1n) is 5.60. The minimum absolute atomic E-state index is 0.297. The third-order valence-corrected chi connectivity index (χ3v) is 4.11. The maximum Gasteiger partial charge on any atom is 0.126 e. The second-order valence-electron chi connectivity index (χ2n) is 4.45. The van der Waals surface area contributed by atoms with Gasteiger partial charge >= 0.3 is 0 Å². The van der Waals surface area contributed by atoms with Crippen molar-refractivity contribution in [1.29, 1.82) is 0 Å². The van der Waals surface area contributed by atoms with E-state index in [1.165, 1.54) is 5.56 Å². The molecule has 1 aliphatic heterocycles. The van der Waals surface area contributed by atoms with Gasteiger partial charge in [0.25, 0.3) is 0 Å². The van der Waals surface area contributed by atoms with Crippen LogP contribution in [0.15, 0.2) is 0 Å². The molecule has 0 bridgehead atoms. The normalized spacial score (nSPS) is 18.4. The highest BCUT2D eigenvalue weighted by Gasteiger charge is 2.28. The van der Waals surface area contributed by atoms with Gasteiger partial charge < -0.3 is 9.84 Å². The average Bonchev–Trinajstić information content (AvgIpc) is 2.68. The molecule has 0 amide bonds. The molecule has 88 valence electrons. The Hall–Kier alpha value is -0.450. The molecule has 0 radical (unpaired) electrons. The number of halogens is 1. The number of aromatic hydroxyl groups is 1. The van der Waals surface area contributed by atoms with Gasteiger partial charge in [-0.3, -0.25) is 0 Å². The molecule has 1 N–H and O–H groups in total. The molecule has 0 unspecified atom stereocenters. The van der Waals surface area contributed by atoms with Crippen LogP contribution in [0.3, 0.4) is 0 Å². The van der Waals surface area contributed by atoms with Crippen LogP contribution in [0.1, 0.15) is 28.7 Å². The van der Waals surface area contributed by atoms with Crippen molar-refractivity contribution in [1.82, 2.24) is 0 Å². The maximum absolute atomic E-state index is 10.0. The maximum atomic E-state index is 10.0. The Morgan fingerprint density at radius 1 is 1.25 bits per heavy atom. The topological polar surface area (TPSA) is 29.5 Å². The molecule has 0 fully saturated rings. The molecule has 1 aromatic rings. The zero-order valence-corrected chi connectivity index (χ0v) is 12.1. The van der Waals surface area contributed by atoms with Crippen LogP contribution in [0, 0.1) is 20.8 Å². The summed E-state index contributed by atoms with van der Waals surface area (Å²) < 4.78 is 7.09. The van der Waals surface area contributed by atoms with Crippen LogP contribution in [0.4, 0.5) is 0 Å². The predicted molar refractivity (Wildman–Crippen MR) is 73.9 cm³/mol. The summed E-state index contributed by atoms with van der Waals surface area (Å²) in [6.07, 6.45) is 2.32. The summed E-state index contributed by atoms with van der Waals surface area (Å²) in [7, 11) is 0. The lowest BCUT2D eigenvalue weighted by Gasteiger charge is -2.13. The molecule has 2 rings (SSSR count). The number of phenols is 1. The van der Waals surface area contributed by atoms with E-state index in [2.05, 4.69) is 22.6 Å². The van der Waals surface area contributed by atoms with Crippen LogP contribution in [-0.4, -0.2) is 15.6 Å². The van der Waals surface area contributed by atoms with Crippen molar-refractivity contribution in [3.63, 3.8) is 0 Å². The molecule has 1 aromatic carbocycles. The molecule has 16 heavy (non-hydrogen) atoms. The van der Waals surface area contributed by atoms with Crippen LogP contribution in [0.5, 0.6) is 11.5 Å². The summed E-state index contributed by atoms with van der Waals surface area (Å²) in [5, 5.41) is 10.0. The van der Waals surface area contributed by atoms with E-state index in [-0.39, 0.29) is 0 Å². The molecule has 0 spiro atoms. The summed E-state index contributed by atoms with van der Waals surface area (Å²) in [6.45, 7) is 5.96. The lowest BCUT2D eigenvalue weighted by atomic mass is 9.96. The fourth-order valence-corrected chi connectivity index (χ4v) is 2.99. The molecule has 3 heteroatoms. The average molecular weight is 332 g/mol. The fourth-order valence-electron chi connectivity index (χ4n) is 2.29. The summed E-state index contributed by atoms with van der Waals surface area (Å²) in [6, 6.07) is 0. The van der Waals surface area contributed by atoms with Gasteiger partial charge in [-0.25, -0.2) is 0 Å². The summed E-state index contributed by atoms with van der Waals surface area (Å²) in [5.41, 5.74) is 4.24. The van der Waals surface area contributed by atoms with Gasteiger partial charge in [0.2, 0.25) is 0 Å².